The molecule has 7 aromatic carbocycles. The Balaban J connectivity index is 1.08. The van der Waals surface area contributed by atoms with Crippen LogP contribution in [-0.4, -0.2) is 24.5 Å². The molecule has 0 spiro atoms. The topological polar surface area (TPSA) is 56.5 Å². The van der Waals surface area contributed by atoms with E-state index in [9.17, 15) is 0 Å². The van der Waals surface area contributed by atoms with E-state index in [4.69, 9.17) is 19.9 Å². The van der Waals surface area contributed by atoms with Crippen LogP contribution in [0.2, 0.25) is 0 Å². The van der Waals surface area contributed by atoms with Crippen LogP contribution in [0.1, 0.15) is 0 Å². The van der Waals surface area contributed by atoms with Crippen LogP contribution in [0.25, 0.3) is 84.2 Å². The van der Waals surface area contributed by atoms with E-state index < -0.39 is 0 Å². The van der Waals surface area contributed by atoms with E-state index in [0.29, 0.717) is 17.5 Å². The molecule has 0 unspecified atom stereocenters. The predicted molar refractivity (Wildman–Crippen MR) is 199 cm³/mol. The normalized spacial score (nSPS) is 11.3. The highest BCUT2D eigenvalue weighted by Gasteiger charge is 2.16. The molecule has 0 saturated heterocycles. The number of aromatic nitrogens is 5. The molecule has 0 N–H and O–H groups in total. The summed E-state index contributed by atoms with van der Waals surface area (Å²) in [6, 6.07) is 60.4. The number of hydrogen-bond donors (Lipinski definition) is 0. The summed E-state index contributed by atoms with van der Waals surface area (Å²) in [4.78, 5) is 19.9. The fourth-order valence-corrected chi connectivity index (χ4v) is 6.44. The summed E-state index contributed by atoms with van der Waals surface area (Å²) < 4.78 is 2.23. The Morgan fingerprint density at radius 2 is 0.878 bits per heavy atom. The number of fused-ring (bicyclic) bond motifs is 2. The van der Waals surface area contributed by atoms with Gasteiger partial charge in [0.25, 0.3) is 0 Å². The minimum Gasteiger partial charge on any atom is -0.292 e. The molecular formula is C44H29N5. The molecule has 230 valence electrons. The molecule has 49 heavy (non-hydrogen) atoms. The van der Waals surface area contributed by atoms with Crippen LogP contribution in [0.4, 0.5) is 0 Å². The van der Waals surface area contributed by atoms with Crippen LogP contribution in [-0.2, 0) is 0 Å². The Labute approximate surface area is 283 Å². The molecule has 0 amide bonds. The van der Waals surface area contributed by atoms with Crippen LogP contribution in [0, 0.1) is 0 Å². The highest BCUT2D eigenvalue weighted by Crippen LogP contribution is 2.33. The maximum Gasteiger partial charge on any atom is 0.164 e. The Morgan fingerprint density at radius 3 is 1.61 bits per heavy atom. The van der Waals surface area contributed by atoms with E-state index in [-0.39, 0.29) is 0 Å². The molecular weight excluding hydrogens is 599 g/mol. The van der Waals surface area contributed by atoms with Gasteiger partial charge in [-0.15, -0.1) is 0 Å². The smallest absolute Gasteiger partial charge is 0.164 e. The van der Waals surface area contributed by atoms with Crippen LogP contribution < -0.4 is 0 Å². The van der Waals surface area contributed by atoms with Crippen LogP contribution in [0.5, 0.6) is 0 Å². The van der Waals surface area contributed by atoms with Crippen molar-refractivity contribution in [2.45, 2.75) is 0 Å². The van der Waals surface area contributed by atoms with Crippen molar-refractivity contribution in [3.05, 3.63) is 176 Å². The highest BCUT2D eigenvalue weighted by molar-refractivity contribution is 5.95. The third kappa shape index (κ3) is 5.33. The van der Waals surface area contributed by atoms with Gasteiger partial charge in [-0.2, -0.15) is 0 Å². The van der Waals surface area contributed by atoms with Gasteiger partial charge in [0.15, 0.2) is 17.5 Å². The summed E-state index contributed by atoms with van der Waals surface area (Å²) in [5.41, 5.74) is 9.29. The molecule has 9 aromatic rings. The summed E-state index contributed by atoms with van der Waals surface area (Å²) in [6.07, 6.45) is 0. The lowest BCUT2D eigenvalue weighted by atomic mass is 10.0. The standard InChI is InChI=1S/C44H29N5/c1-3-13-33(14-4-1)41-46-42(48-43(47-41)38-19-11-15-32-12-7-8-18-37(32)38)34-26-22-30(23-27-34)31-24-28-35(29-25-31)44-45-39-20-9-10-21-40(39)49(44)36-16-5-2-6-17-36/h1-29H. The van der Waals surface area contributed by atoms with Crippen molar-refractivity contribution < 1.29 is 0 Å². The second kappa shape index (κ2) is 12.1. The number of hydrogen-bond acceptors (Lipinski definition) is 4. The second-order valence-corrected chi connectivity index (χ2v) is 11.9. The van der Waals surface area contributed by atoms with Gasteiger partial charge in [-0.05, 0) is 46.2 Å². The lowest BCUT2D eigenvalue weighted by molar-refractivity contribution is 1.08. The van der Waals surface area contributed by atoms with Crippen LogP contribution in [0.3, 0.4) is 0 Å². The summed E-state index contributed by atoms with van der Waals surface area (Å²) >= 11 is 0. The molecule has 2 aromatic heterocycles. The average molecular weight is 628 g/mol. The number of imidazole rings is 1. The minimum atomic E-state index is 0.637. The van der Waals surface area contributed by atoms with Crippen molar-refractivity contribution in [3.63, 3.8) is 0 Å². The molecule has 9 rings (SSSR count). The average Bonchev–Trinajstić information content (AvgIpc) is 3.58. The van der Waals surface area contributed by atoms with Gasteiger partial charge in [0.2, 0.25) is 0 Å². The Morgan fingerprint density at radius 1 is 0.347 bits per heavy atom. The zero-order valence-corrected chi connectivity index (χ0v) is 26.5. The van der Waals surface area contributed by atoms with Crippen molar-refractivity contribution in [2.75, 3.05) is 0 Å². The zero-order valence-electron chi connectivity index (χ0n) is 26.5. The first-order chi connectivity index (χ1) is 24.3. The molecule has 0 aliphatic carbocycles. The second-order valence-electron chi connectivity index (χ2n) is 11.9. The molecule has 0 aliphatic heterocycles. The quantitative estimate of drug-likeness (QED) is 0.184. The highest BCUT2D eigenvalue weighted by atomic mass is 15.1. The van der Waals surface area contributed by atoms with Gasteiger partial charge in [0.1, 0.15) is 5.82 Å². The van der Waals surface area contributed by atoms with Gasteiger partial charge >= 0.3 is 0 Å². The van der Waals surface area contributed by atoms with Crippen molar-refractivity contribution in [3.8, 4) is 62.4 Å². The van der Waals surface area contributed by atoms with Gasteiger partial charge in [-0.1, -0.05) is 152 Å². The fourth-order valence-electron chi connectivity index (χ4n) is 6.44. The van der Waals surface area contributed by atoms with Gasteiger partial charge in [0, 0.05) is 27.9 Å². The molecule has 2 heterocycles. The number of rotatable bonds is 6. The molecule has 0 aliphatic rings. The van der Waals surface area contributed by atoms with Crippen molar-refractivity contribution in [2.24, 2.45) is 0 Å². The van der Waals surface area contributed by atoms with Crippen molar-refractivity contribution in [1.29, 1.82) is 0 Å². The molecule has 0 atom stereocenters. The largest absolute Gasteiger partial charge is 0.292 e. The predicted octanol–water partition coefficient (Wildman–Crippen LogP) is 10.7. The summed E-state index contributed by atoms with van der Waals surface area (Å²) in [7, 11) is 0. The molecule has 0 fully saturated rings. The lowest BCUT2D eigenvalue weighted by Gasteiger charge is -2.11. The Kier molecular flexibility index (Phi) is 7.06. The summed E-state index contributed by atoms with van der Waals surface area (Å²) in [6.45, 7) is 0. The van der Waals surface area contributed by atoms with E-state index in [1.165, 1.54) is 0 Å². The van der Waals surface area contributed by atoms with Crippen LogP contribution >= 0.6 is 0 Å². The van der Waals surface area contributed by atoms with Crippen molar-refractivity contribution >= 4 is 21.8 Å². The SMILES string of the molecule is c1ccc(-c2nc(-c3ccc(-c4ccc(-c5nc6ccccc6n5-c5ccccc5)cc4)cc3)nc(-c3cccc4ccccc34)n2)cc1. The van der Waals surface area contributed by atoms with E-state index >= 15 is 0 Å². The maximum absolute atomic E-state index is 5.03. The Bertz CT molecular complexity index is 2570. The van der Waals surface area contributed by atoms with E-state index in [0.717, 1.165) is 66.7 Å². The van der Waals surface area contributed by atoms with E-state index in [1.807, 2.05) is 42.5 Å². The molecule has 5 heteroatoms. The van der Waals surface area contributed by atoms with Crippen LogP contribution in [0.15, 0.2) is 176 Å². The molecule has 0 saturated carbocycles. The minimum absolute atomic E-state index is 0.637. The summed E-state index contributed by atoms with van der Waals surface area (Å²) in [5.74, 6) is 2.86. The van der Waals surface area contributed by atoms with E-state index in [2.05, 4.69) is 138 Å². The van der Waals surface area contributed by atoms with Gasteiger partial charge in [0.05, 0.1) is 11.0 Å². The van der Waals surface area contributed by atoms with Gasteiger partial charge in [-0.25, -0.2) is 19.9 Å². The molecule has 0 radical (unpaired) electrons. The Hall–Kier alpha value is -6.72. The first-order valence-electron chi connectivity index (χ1n) is 16.3. The van der Waals surface area contributed by atoms with Gasteiger partial charge in [-0.3, -0.25) is 4.57 Å². The molecule has 0 bridgehead atoms. The molecule has 5 nitrogen and oxygen atoms in total. The third-order valence-corrected chi connectivity index (χ3v) is 8.89. The zero-order chi connectivity index (χ0) is 32.6. The van der Waals surface area contributed by atoms with Gasteiger partial charge < -0.3 is 0 Å². The lowest BCUT2D eigenvalue weighted by Crippen LogP contribution is -2.00. The monoisotopic (exact) mass is 627 g/mol. The third-order valence-electron chi connectivity index (χ3n) is 8.89. The first kappa shape index (κ1) is 28.5. The number of para-hydroxylation sites is 3. The fraction of sp³-hybridized carbons (Fsp3) is 0. The number of benzene rings is 7. The first-order valence-corrected chi connectivity index (χ1v) is 16.3. The van der Waals surface area contributed by atoms with Crippen molar-refractivity contribution in [1.82, 2.24) is 24.5 Å². The maximum atomic E-state index is 5.03. The number of nitrogens with zero attached hydrogens (tertiary/aromatic N) is 5. The van der Waals surface area contributed by atoms with E-state index in [1.54, 1.807) is 0 Å². The summed E-state index contributed by atoms with van der Waals surface area (Å²) in [5, 5.41) is 2.26.